The molecule has 1 rings (SSSR count). The van der Waals surface area contributed by atoms with Crippen molar-refractivity contribution in [2.45, 2.75) is 20.8 Å². The first-order valence-corrected chi connectivity index (χ1v) is 4.76. The summed E-state index contributed by atoms with van der Waals surface area (Å²) in [4.78, 5) is 34.9. The number of allylic oxidation sites excluding steroid dienone is 1. The summed E-state index contributed by atoms with van der Waals surface area (Å²) in [6.07, 6.45) is 1.63. The van der Waals surface area contributed by atoms with Crippen molar-refractivity contribution in [2.24, 2.45) is 5.92 Å². The van der Waals surface area contributed by atoms with Gasteiger partial charge in [0.05, 0.1) is 0 Å². The molecule has 1 saturated heterocycles. The minimum absolute atomic E-state index is 0.135. The molecule has 0 bridgehead atoms. The fraction of sp³-hybridized carbons (Fsp3) is 0.500. The Balaban J connectivity index is 2.96. The summed E-state index contributed by atoms with van der Waals surface area (Å²) in [6.45, 7) is 4.85. The Morgan fingerprint density at radius 2 is 2.07 bits per heavy atom. The molecule has 0 saturated carbocycles. The van der Waals surface area contributed by atoms with Crippen molar-refractivity contribution in [2.75, 3.05) is 6.54 Å². The Morgan fingerprint density at radius 1 is 1.47 bits per heavy atom. The number of amides is 3. The molecule has 1 heterocycles. The Bertz CT molecular complexity index is 345. The van der Waals surface area contributed by atoms with E-state index in [4.69, 9.17) is 0 Å². The molecule has 0 radical (unpaired) electrons. The first-order valence-electron chi connectivity index (χ1n) is 4.76. The van der Waals surface area contributed by atoms with Crippen LogP contribution in [0.4, 0.5) is 0 Å². The van der Waals surface area contributed by atoms with Gasteiger partial charge in [0.1, 0.15) is 12.2 Å². The normalized spacial score (nSPS) is 19.7. The maximum atomic E-state index is 11.7. The number of rotatable bonds is 1. The van der Waals surface area contributed by atoms with Crippen LogP contribution in [0.2, 0.25) is 0 Å². The Labute approximate surface area is 88.1 Å². The van der Waals surface area contributed by atoms with E-state index in [9.17, 15) is 14.4 Å². The van der Waals surface area contributed by atoms with E-state index in [0.29, 0.717) is 0 Å². The summed E-state index contributed by atoms with van der Waals surface area (Å²) in [6, 6.07) is 0. The van der Waals surface area contributed by atoms with Gasteiger partial charge < -0.3 is 5.32 Å². The number of carbonyl (C=O) groups is 3. The van der Waals surface area contributed by atoms with Crippen molar-refractivity contribution < 1.29 is 14.4 Å². The van der Waals surface area contributed by atoms with Crippen molar-refractivity contribution in [3.05, 3.63) is 11.8 Å². The molecule has 82 valence electrons. The highest BCUT2D eigenvalue weighted by atomic mass is 16.2. The predicted molar refractivity (Wildman–Crippen MR) is 53.5 cm³/mol. The second-order valence-corrected chi connectivity index (χ2v) is 3.78. The van der Waals surface area contributed by atoms with Crippen LogP contribution in [0, 0.1) is 5.92 Å². The van der Waals surface area contributed by atoms with E-state index in [2.05, 4.69) is 5.32 Å². The highest BCUT2D eigenvalue weighted by molar-refractivity contribution is 6.10. The van der Waals surface area contributed by atoms with E-state index in [1.807, 2.05) is 13.8 Å². The summed E-state index contributed by atoms with van der Waals surface area (Å²) >= 11 is 0. The van der Waals surface area contributed by atoms with E-state index in [-0.39, 0.29) is 24.1 Å². The molecule has 0 unspecified atom stereocenters. The summed E-state index contributed by atoms with van der Waals surface area (Å²) in [5, 5.41) is 2.46. The smallest absolute Gasteiger partial charge is 0.277 e. The highest BCUT2D eigenvalue weighted by Gasteiger charge is 2.30. The van der Waals surface area contributed by atoms with Crippen molar-refractivity contribution in [1.82, 2.24) is 10.2 Å². The first-order chi connectivity index (χ1) is 6.91. The fourth-order valence-corrected chi connectivity index (χ4v) is 1.30. The number of hydrogen-bond acceptors (Lipinski definition) is 3. The molecule has 0 aromatic heterocycles. The monoisotopic (exact) mass is 210 g/mol. The van der Waals surface area contributed by atoms with Gasteiger partial charge in [0, 0.05) is 6.92 Å². The van der Waals surface area contributed by atoms with Gasteiger partial charge in [-0.15, -0.1) is 0 Å². The molecular formula is C10H14N2O3. The third-order valence-corrected chi connectivity index (χ3v) is 1.93. The van der Waals surface area contributed by atoms with Gasteiger partial charge in [-0.1, -0.05) is 19.9 Å². The molecule has 0 aromatic rings. The Hall–Kier alpha value is -1.65. The number of nitrogens with zero attached hydrogens (tertiary/aromatic N) is 1. The zero-order valence-corrected chi connectivity index (χ0v) is 9.03. The topological polar surface area (TPSA) is 66.5 Å². The third kappa shape index (κ3) is 2.65. The summed E-state index contributed by atoms with van der Waals surface area (Å²) in [7, 11) is 0. The molecule has 1 aliphatic heterocycles. The predicted octanol–water partition coefficient (Wildman–Crippen LogP) is 0.0312. The second kappa shape index (κ2) is 4.25. The van der Waals surface area contributed by atoms with Gasteiger partial charge in [-0.05, 0) is 5.92 Å². The van der Waals surface area contributed by atoms with Crippen LogP contribution in [-0.2, 0) is 14.4 Å². The van der Waals surface area contributed by atoms with Crippen LogP contribution < -0.4 is 5.32 Å². The highest BCUT2D eigenvalue weighted by Crippen LogP contribution is 2.09. The van der Waals surface area contributed by atoms with Crippen LogP contribution in [0.5, 0.6) is 0 Å². The van der Waals surface area contributed by atoms with Gasteiger partial charge >= 0.3 is 0 Å². The number of imide groups is 1. The number of nitrogens with one attached hydrogen (secondary N) is 1. The maximum absolute atomic E-state index is 11.7. The number of piperazine rings is 1. The molecule has 5 heteroatoms. The first kappa shape index (κ1) is 11.4. The Kier molecular flexibility index (Phi) is 3.24. The molecule has 0 spiro atoms. The molecule has 1 N–H and O–H groups in total. The van der Waals surface area contributed by atoms with Crippen molar-refractivity contribution in [3.63, 3.8) is 0 Å². The van der Waals surface area contributed by atoms with Crippen LogP contribution in [0.15, 0.2) is 11.8 Å². The van der Waals surface area contributed by atoms with Gasteiger partial charge in [0.2, 0.25) is 11.8 Å². The van der Waals surface area contributed by atoms with Gasteiger partial charge in [0.25, 0.3) is 5.91 Å². The van der Waals surface area contributed by atoms with Crippen LogP contribution >= 0.6 is 0 Å². The lowest BCUT2D eigenvalue weighted by molar-refractivity contribution is -0.147. The molecule has 1 fully saturated rings. The minimum atomic E-state index is -0.434. The molecule has 0 aromatic carbocycles. The van der Waals surface area contributed by atoms with Gasteiger partial charge in [-0.25, -0.2) is 0 Å². The fourth-order valence-electron chi connectivity index (χ4n) is 1.30. The molecular weight excluding hydrogens is 196 g/mol. The largest absolute Gasteiger partial charge is 0.320 e. The third-order valence-electron chi connectivity index (χ3n) is 1.93. The molecule has 3 amide bonds. The zero-order valence-electron chi connectivity index (χ0n) is 9.03. The SMILES string of the molecule is CC(=O)N1CC(=O)NC(=CC(C)C)C1=O. The van der Waals surface area contributed by atoms with Crippen molar-refractivity contribution in [1.29, 1.82) is 0 Å². The van der Waals surface area contributed by atoms with Gasteiger partial charge in [-0.3, -0.25) is 19.3 Å². The van der Waals surface area contributed by atoms with Crippen molar-refractivity contribution in [3.8, 4) is 0 Å². The van der Waals surface area contributed by atoms with E-state index < -0.39 is 11.8 Å². The van der Waals surface area contributed by atoms with E-state index in [1.165, 1.54) is 6.92 Å². The van der Waals surface area contributed by atoms with Crippen LogP contribution in [0.25, 0.3) is 0 Å². The molecule has 5 nitrogen and oxygen atoms in total. The summed E-state index contributed by atoms with van der Waals surface area (Å²) in [5.41, 5.74) is 0.191. The average molecular weight is 210 g/mol. The van der Waals surface area contributed by atoms with Crippen LogP contribution in [-0.4, -0.2) is 29.2 Å². The second-order valence-electron chi connectivity index (χ2n) is 3.78. The molecule has 0 aliphatic carbocycles. The number of carbonyl (C=O) groups excluding carboxylic acids is 3. The lowest BCUT2D eigenvalue weighted by Gasteiger charge is -2.25. The Morgan fingerprint density at radius 3 is 2.53 bits per heavy atom. The van der Waals surface area contributed by atoms with Crippen LogP contribution in [0.1, 0.15) is 20.8 Å². The minimum Gasteiger partial charge on any atom is -0.320 e. The zero-order chi connectivity index (χ0) is 11.6. The van der Waals surface area contributed by atoms with E-state index in [1.54, 1.807) is 6.08 Å². The lowest BCUT2D eigenvalue weighted by atomic mass is 10.1. The van der Waals surface area contributed by atoms with E-state index in [0.717, 1.165) is 4.90 Å². The lowest BCUT2D eigenvalue weighted by Crippen LogP contribution is -2.51. The van der Waals surface area contributed by atoms with Gasteiger partial charge in [-0.2, -0.15) is 0 Å². The average Bonchev–Trinajstić information content (AvgIpc) is 2.09. The van der Waals surface area contributed by atoms with Crippen molar-refractivity contribution >= 4 is 17.7 Å². The standard InChI is InChI=1S/C10H14N2O3/c1-6(2)4-8-10(15)12(7(3)13)5-9(14)11-8/h4,6H,5H2,1-3H3,(H,11,14). The molecule has 15 heavy (non-hydrogen) atoms. The summed E-state index contributed by atoms with van der Waals surface area (Å²) < 4.78 is 0. The van der Waals surface area contributed by atoms with Crippen LogP contribution in [0.3, 0.4) is 0 Å². The maximum Gasteiger partial charge on any atom is 0.277 e. The van der Waals surface area contributed by atoms with E-state index >= 15 is 0 Å². The summed E-state index contributed by atoms with van der Waals surface area (Å²) in [5.74, 6) is -1.05. The molecule has 1 aliphatic rings. The molecule has 0 atom stereocenters. The quantitative estimate of drug-likeness (QED) is 0.621. The van der Waals surface area contributed by atoms with Gasteiger partial charge in [0.15, 0.2) is 0 Å². The number of hydrogen-bond donors (Lipinski definition) is 1.